The second-order valence-electron chi connectivity index (χ2n) is 18.6. The number of aryl methyl sites for hydroxylation is 2. The minimum atomic E-state index is -0.736. The average molecular weight is 943 g/mol. The number of benzene rings is 8. The van der Waals surface area contributed by atoms with Crippen LogP contribution in [0.4, 0.5) is 17.1 Å². The standard InChI is InChI=1S/C64H42N6OS/c1-39-15-10-21-44(35-39)61-67-62(45-22-11-16-40(2)36-45)69-63(68-61)46-23-12-20-43(37-46)52-32-30-50-58(66-52)57-49(26-14-34-65-57)64(50)48-25-6-9-29-56(48)72-60-51(64)31-33-54-59(60)71-55-28-8-7-27-53(55)70(54)47-24-13-19-42(38-47)41-17-4-3-5-18-41/h3-38H,1-2H3. The Morgan fingerprint density at radius 1 is 0.431 bits per heavy atom. The van der Waals surface area contributed by atoms with Crippen LogP contribution in [0.25, 0.3) is 67.9 Å². The average Bonchev–Trinajstić information content (AvgIpc) is 3.72. The van der Waals surface area contributed by atoms with Gasteiger partial charge in [0.25, 0.3) is 0 Å². The molecule has 7 nitrogen and oxygen atoms in total. The smallest absolute Gasteiger partial charge is 0.165 e. The highest BCUT2D eigenvalue weighted by molar-refractivity contribution is 7.99. The van der Waals surface area contributed by atoms with Gasteiger partial charge in [0.15, 0.2) is 29.0 Å². The predicted molar refractivity (Wildman–Crippen MR) is 288 cm³/mol. The monoisotopic (exact) mass is 942 g/mol. The number of anilines is 3. The van der Waals surface area contributed by atoms with Crippen LogP contribution in [0.5, 0.6) is 11.5 Å². The molecular weight excluding hydrogens is 901 g/mol. The van der Waals surface area contributed by atoms with E-state index in [9.17, 15) is 0 Å². The van der Waals surface area contributed by atoms with Crippen LogP contribution in [0.2, 0.25) is 0 Å². The SMILES string of the molecule is Cc1cccc(-c2nc(-c3cccc(C)c3)nc(-c3cccc(-c4ccc5c(n4)-c4ncccc4C54c5ccccc5Sc5c4ccc4c5Oc5ccccc5N4c4cccc(-c5ccccc5)c4)c3)n2)c1. The summed E-state index contributed by atoms with van der Waals surface area (Å²) < 4.78 is 7.13. The van der Waals surface area contributed by atoms with E-state index in [1.54, 1.807) is 11.8 Å². The molecule has 0 saturated heterocycles. The molecule has 1 spiro atoms. The van der Waals surface area contributed by atoms with E-state index < -0.39 is 5.41 Å². The van der Waals surface area contributed by atoms with Crippen LogP contribution < -0.4 is 9.64 Å². The van der Waals surface area contributed by atoms with E-state index in [0.717, 1.165) is 111 Å². The molecule has 0 N–H and O–H groups in total. The fourth-order valence-electron chi connectivity index (χ4n) is 10.9. The molecule has 1 aliphatic carbocycles. The summed E-state index contributed by atoms with van der Waals surface area (Å²) in [6.45, 7) is 4.17. The topological polar surface area (TPSA) is 76.9 Å². The number of para-hydroxylation sites is 2. The Morgan fingerprint density at radius 3 is 1.82 bits per heavy atom. The van der Waals surface area contributed by atoms with Crippen LogP contribution in [0.1, 0.15) is 33.4 Å². The summed E-state index contributed by atoms with van der Waals surface area (Å²) in [5, 5.41) is 0. The highest BCUT2D eigenvalue weighted by atomic mass is 32.2. The highest BCUT2D eigenvalue weighted by Crippen LogP contribution is 2.65. The Hall–Kier alpha value is -8.98. The summed E-state index contributed by atoms with van der Waals surface area (Å²) in [5.41, 5.74) is 17.6. The molecule has 14 rings (SSSR count). The van der Waals surface area contributed by atoms with Crippen molar-refractivity contribution in [1.29, 1.82) is 0 Å². The van der Waals surface area contributed by atoms with E-state index >= 15 is 0 Å². The first-order chi connectivity index (χ1) is 35.5. The number of hydrogen-bond donors (Lipinski definition) is 0. The van der Waals surface area contributed by atoms with Gasteiger partial charge >= 0.3 is 0 Å². The number of fused-ring (bicyclic) bond motifs is 12. The summed E-state index contributed by atoms with van der Waals surface area (Å²) >= 11 is 1.77. The van der Waals surface area contributed by atoms with E-state index in [4.69, 9.17) is 29.7 Å². The van der Waals surface area contributed by atoms with E-state index in [0.29, 0.717) is 17.5 Å². The molecular formula is C64H42N6OS. The van der Waals surface area contributed by atoms with E-state index in [2.05, 4.69) is 213 Å². The lowest BCUT2D eigenvalue weighted by Crippen LogP contribution is -2.32. The summed E-state index contributed by atoms with van der Waals surface area (Å²) in [7, 11) is 0. The van der Waals surface area contributed by atoms with Crippen molar-refractivity contribution in [1.82, 2.24) is 24.9 Å². The molecule has 0 saturated carbocycles. The molecule has 8 heteroatoms. The van der Waals surface area contributed by atoms with Crippen LogP contribution >= 0.6 is 11.8 Å². The van der Waals surface area contributed by atoms with Gasteiger partial charge in [0.2, 0.25) is 0 Å². The minimum Gasteiger partial charge on any atom is -0.452 e. The fraction of sp³-hybridized carbons (Fsp3) is 0.0469. The van der Waals surface area contributed by atoms with Gasteiger partial charge in [0, 0.05) is 39.0 Å². The molecule has 0 amide bonds. The Balaban J connectivity index is 0.922. The molecule has 0 bridgehead atoms. The van der Waals surface area contributed by atoms with E-state index in [1.165, 1.54) is 11.1 Å². The zero-order valence-corrected chi connectivity index (χ0v) is 40.1. The first-order valence-electron chi connectivity index (χ1n) is 24.1. The molecule has 2 aliphatic heterocycles. The molecule has 72 heavy (non-hydrogen) atoms. The maximum atomic E-state index is 7.13. The van der Waals surface area contributed by atoms with Crippen LogP contribution in [-0.4, -0.2) is 24.9 Å². The number of pyridine rings is 2. The number of rotatable bonds is 6. The van der Waals surface area contributed by atoms with Gasteiger partial charge in [-0.1, -0.05) is 168 Å². The molecule has 3 aliphatic rings. The van der Waals surface area contributed by atoms with Gasteiger partial charge in [-0.25, -0.2) is 19.9 Å². The molecule has 3 aromatic heterocycles. The van der Waals surface area contributed by atoms with Crippen LogP contribution in [0.15, 0.2) is 228 Å². The Morgan fingerprint density at radius 2 is 1.04 bits per heavy atom. The Bertz CT molecular complexity index is 3940. The highest BCUT2D eigenvalue weighted by Gasteiger charge is 2.53. The third kappa shape index (κ3) is 6.63. The molecule has 8 aromatic carbocycles. The maximum absolute atomic E-state index is 7.13. The van der Waals surface area contributed by atoms with Gasteiger partial charge in [-0.15, -0.1) is 0 Å². The molecule has 0 radical (unpaired) electrons. The van der Waals surface area contributed by atoms with Crippen molar-refractivity contribution in [3.05, 3.63) is 252 Å². The zero-order chi connectivity index (χ0) is 47.9. The molecule has 340 valence electrons. The van der Waals surface area contributed by atoms with E-state index in [-0.39, 0.29) is 0 Å². The van der Waals surface area contributed by atoms with Gasteiger partial charge < -0.3 is 9.64 Å². The van der Waals surface area contributed by atoms with Gasteiger partial charge in [0.05, 0.1) is 38.8 Å². The van der Waals surface area contributed by atoms with Gasteiger partial charge in [-0.2, -0.15) is 0 Å². The van der Waals surface area contributed by atoms with E-state index in [1.807, 2.05) is 24.4 Å². The molecule has 1 unspecified atom stereocenters. The van der Waals surface area contributed by atoms with Crippen molar-refractivity contribution in [2.45, 2.75) is 29.1 Å². The minimum absolute atomic E-state index is 0.593. The number of nitrogens with zero attached hydrogens (tertiary/aromatic N) is 6. The van der Waals surface area contributed by atoms with Gasteiger partial charge in [0.1, 0.15) is 0 Å². The third-order valence-electron chi connectivity index (χ3n) is 14.1. The number of hydrogen-bond acceptors (Lipinski definition) is 8. The first-order valence-corrected chi connectivity index (χ1v) is 25.0. The van der Waals surface area contributed by atoms with Crippen molar-refractivity contribution in [2.75, 3.05) is 4.90 Å². The van der Waals surface area contributed by atoms with Crippen molar-refractivity contribution >= 4 is 28.8 Å². The van der Waals surface area contributed by atoms with Gasteiger partial charge in [-0.05, 0) is 114 Å². The van der Waals surface area contributed by atoms with Crippen molar-refractivity contribution < 1.29 is 4.74 Å². The molecule has 1 atom stereocenters. The van der Waals surface area contributed by atoms with Crippen molar-refractivity contribution in [3.63, 3.8) is 0 Å². The van der Waals surface area contributed by atoms with Crippen LogP contribution in [0.3, 0.4) is 0 Å². The fourth-order valence-corrected chi connectivity index (χ4v) is 12.2. The summed E-state index contributed by atoms with van der Waals surface area (Å²) in [6, 6.07) is 74.7. The summed E-state index contributed by atoms with van der Waals surface area (Å²) in [4.78, 5) is 30.5. The van der Waals surface area contributed by atoms with Gasteiger partial charge in [-0.3, -0.25) is 4.98 Å². The molecule has 5 heterocycles. The van der Waals surface area contributed by atoms with Crippen molar-refractivity contribution in [3.8, 4) is 79.4 Å². The Labute approximate surface area is 421 Å². The lowest BCUT2D eigenvalue weighted by atomic mass is 9.67. The summed E-state index contributed by atoms with van der Waals surface area (Å²) in [5.74, 6) is 3.47. The predicted octanol–water partition coefficient (Wildman–Crippen LogP) is 16.0. The van der Waals surface area contributed by atoms with Crippen LogP contribution in [-0.2, 0) is 5.41 Å². The largest absolute Gasteiger partial charge is 0.452 e. The zero-order valence-electron chi connectivity index (χ0n) is 39.3. The molecule has 0 fully saturated rings. The number of ether oxygens (including phenoxy) is 1. The summed E-state index contributed by atoms with van der Waals surface area (Å²) in [6.07, 6.45) is 1.88. The second-order valence-corrected chi connectivity index (χ2v) is 19.6. The van der Waals surface area contributed by atoms with Crippen molar-refractivity contribution in [2.24, 2.45) is 0 Å². The van der Waals surface area contributed by atoms with Crippen LogP contribution in [0, 0.1) is 13.8 Å². The second kappa shape index (κ2) is 16.6. The lowest BCUT2D eigenvalue weighted by molar-refractivity contribution is 0.461. The first kappa shape index (κ1) is 41.9. The molecule has 11 aromatic rings. The quantitative estimate of drug-likeness (QED) is 0.163. The number of aromatic nitrogens is 5. The third-order valence-corrected chi connectivity index (χ3v) is 15.3. The Kier molecular flexibility index (Phi) is 9.66. The normalized spacial score (nSPS) is 14.6. The lowest BCUT2D eigenvalue weighted by Gasteiger charge is -2.41. The maximum Gasteiger partial charge on any atom is 0.165 e.